The van der Waals surface area contributed by atoms with Gasteiger partial charge in [-0.3, -0.25) is 0 Å². The van der Waals surface area contributed by atoms with Crippen LogP contribution in [0.4, 0.5) is 0 Å². The maximum Gasteiger partial charge on any atom is 0.0282 e. The van der Waals surface area contributed by atoms with Crippen molar-refractivity contribution in [3.63, 3.8) is 0 Å². The van der Waals surface area contributed by atoms with Crippen molar-refractivity contribution in [2.24, 2.45) is 5.92 Å². The predicted octanol–water partition coefficient (Wildman–Crippen LogP) is 2.40. The van der Waals surface area contributed by atoms with Gasteiger partial charge < -0.3 is 5.32 Å². The highest BCUT2D eigenvalue weighted by Crippen LogP contribution is 2.34. The van der Waals surface area contributed by atoms with Crippen LogP contribution in [0.5, 0.6) is 0 Å². The van der Waals surface area contributed by atoms with Gasteiger partial charge in [-0.25, -0.2) is 0 Å². The van der Waals surface area contributed by atoms with Gasteiger partial charge in [0.2, 0.25) is 0 Å². The molecule has 0 amide bonds. The second kappa shape index (κ2) is 3.39. The normalized spacial score (nSPS) is 18.6. The predicted molar refractivity (Wildman–Crippen MR) is 60.5 cm³/mol. The summed E-state index contributed by atoms with van der Waals surface area (Å²) in [5.74, 6) is 0.680. The molecule has 14 heavy (non-hydrogen) atoms. The number of hydrogen-bond acceptors (Lipinski definition) is 1. The summed E-state index contributed by atoms with van der Waals surface area (Å²) in [6.07, 6.45) is 2.36. The van der Waals surface area contributed by atoms with E-state index in [1.54, 1.807) is 0 Å². The van der Waals surface area contributed by atoms with E-state index in [1.165, 1.54) is 24.0 Å². The van der Waals surface area contributed by atoms with Crippen LogP contribution in [0.3, 0.4) is 0 Å². The van der Waals surface area contributed by atoms with Gasteiger partial charge in [-0.1, -0.05) is 38.1 Å². The van der Waals surface area contributed by atoms with Gasteiger partial charge in [0.05, 0.1) is 0 Å². The molecule has 0 saturated carbocycles. The first-order valence-corrected chi connectivity index (χ1v) is 5.43. The first-order chi connectivity index (χ1) is 6.68. The van der Waals surface area contributed by atoms with Gasteiger partial charge >= 0.3 is 0 Å². The van der Waals surface area contributed by atoms with Crippen LogP contribution in [0.25, 0.3) is 0 Å². The zero-order valence-electron chi connectivity index (χ0n) is 9.30. The van der Waals surface area contributed by atoms with Gasteiger partial charge in [0, 0.05) is 5.54 Å². The molecule has 1 aliphatic carbocycles. The van der Waals surface area contributed by atoms with E-state index in [-0.39, 0.29) is 0 Å². The molecule has 0 unspecified atom stereocenters. The number of likely N-dealkylation sites (N-methyl/N-ethyl adjacent to an activating group) is 1. The lowest BCUT2D eigenvalue weighted by Gasteiger charge is -2.33. The van der Waals surface area contributed by atoms with E-state index in [0.29, 0.717) is 11.5 Å². The summed E-state index contributed by atoms with van der Waals surface area (Å²) in [4.78, 5) is 0. The molecule has 2 rings (SSSR count). The molecule has 1 aromatic carbocycles. The van der Waals surface area contributed by atoms with Crippen molar-refractivity contribution in [3.8, 4) is 0 Å². The molecule has 1 aromatic rings. The van der Waals surface area contributed by atoms with Gasteiger partial charge in [-0.05, 0) is 36.9 Å². The van der Waals surface area contributed by atoms with Crippen molar-refractivity contribution >= 4 is 0 Å². The average Bonchev–Trinajstić information content (AvgIpc) is 2.57. The molecule has 1 heteroatoms. The lowest BCUT2D eigenvalue weighted by atomic mass is 9.84. The summed E-state index contributed by atoms with van der Waals surface area (Å²) in [6.45, 7) is 4.62. The van der Waals surface area contributed by atoms with Crippen LogP contribution in [-0.4, -0.2) is 12.6 Å². The Hall–Kier alpha value is -0.820. The average molecular weight is 189 g/mol. The Morgan fingerprint density at radius 2 is 1.64 bits per heavy atom. The molecule has 0 spiro atoms. The van der Waals surface area contributed by atoms with Crippen molar-refractivity contribution < 1.29 is 0 Å². The maximum absolute atomic E-state index is 3.52. The Kier molecular flexibility index (Phi) is 2.36. The summed E-state index contributed by atoms with van der Waals surface area (Å²) in [5.41, 5.74) is 3.34. The third-order valence-corrected chi connectivity index (χ3v) is 3.73. The van der Waals surface area contributed by atoms with Crippen molar-refractivity contribution in [2.75, 3.05) is 7.05 Å². The molecular formula is C13H19N. The third-order valence-electron chi connectivity index (χ3n) is 3.73. The molecule has 1 N–H and O–H groups in total. The van der Waals surface area contributed by atoms with Crippen LogP contribution in [0.15, 0.2) is 24.3 Å². The quantitative estimate of drug-likeness (QED) is 0.753. The van der Waals surface area contributed by atoms with Crippen molar-refractivity contribution in [2.45, 2.75) is 32.2 Å². The van der Waals surface area contributed by atoms with Gasteiger partial charge in [-0.15, -0.1) is 0 Å². The lowest BCUT2D eigenvalue weighted by Crippen LogP contribution is -2.48. The standard InChI is InChI=1S/C13H19N/c1-10(2)13(14-3)8-11-6-4-5-7-12(11)9-13/h4-7,10,14H,8-9H2,1-3H3. The zero-order valence-corrected chi connectivity index (χ0v) is 9.30. The van der Waals surface area contributed by atoms with E-state index in [4.69, 9.17) is 0 Å². The SMILES string of the molecule is CNC1(C(C)C)Cc2ccccc2C1. The van der Waals surface area contributed by atoms with Crippen LogP contribution in [-0.2, 0) is 12.8 Å². The van der Waals surface area contributed by atoms with Gasteiger partial charge in [-0.2, -0.15) is 0 Å². The Morgan fingerprint density at radius 1 is 1.14 bits per heavy atom. The van der Waals surface area contributed by atoms with E-state index in [2.05, 4.69) is 50.5 Å². The van der Waals surface area contributed by atoms with Crippen molar-refractivity contribution in [1.82, 2.24) is 5.32 Å². The van der Waals surface area contributed by atoms with Crippen LogP contribution in [0.1, 0.15) is 25.0 Å². The van der Waals surface area contributed by atoms with Gasteiger partial charge in [0.1, 0.15) is 0 Å². The maximum atomic E-state index is 3.52. The summed E-state index contributed by atoms with van der Waals surface area (Å²) in [7, 11) is 2.09. The Labute approximate surface area is 86.5 Å². The van der Waals surface area contributed by atoms with E-state index in [1.807, 2.05) is 0 Å². The molecular weight excluding hydrogens is 170 g/mol. The molecule has 76 valence electrons. The summed E-state index contributed by atoms with van der Waals surface area (Å²) in [5, 5.41) is 3.52. The van der Waals surface area contributed by atoms with Crippen LogP contribution in [0.2, 0.25) is 0 Å². The van der Waals surface area contributed by atoms with E-state index >= 15 is 0 Å². The van der Waals surface area contributed by atoms with E-state index in [9.17, 15) is 0 Å². The van der Waals surface area contributed by atoms with Crippen LogP contribution in [0, 0.1) is 5.92 Å². The van der Waals surface area contributed by atoms with Gasteiger partial charge in [0.25, 0.3) is 0 Å². The zero-order chi connectivity index (χ0) is 10.2. The highest BCUT2D eigenvalue weighted by atomic mass is 15.0. The molecule has 0 aromatic heterocycles. The second-order valence-electron chi connectivity index (χ2n) is 4.68. The third kappa shape index (κ3) is 1.36. The fourth-order valence-electron chi connectivity index (χ4n) is 2.52. The van der Waals surface area contributed by atoms with Gasteiger partial charge in [0.15, 0.2) is 0 Å². The molecule has 0 heterocycles. The Morgan fingerprint density at radius 3 is 2.00 bits per heavy atom. The van der Waals surface area contributed by atoms with Crippen molar-refractivity contribution in [3.05, 3.63) is 35.4 Å². The molecule has 1 nitrogen and oxygen atoms in total. The fraction of sp³-hybridized carbons (Fsp3) is 0.538. The number of nitrogens with one attached hydrogen (secondary N) is 1. The van der Waals surface area contributed by atoms with Crippen molar-refractivity contribution in [1.29, 1.82) is 0 Å². The minimum atomic E-state index is 0.295. The summed E-state index contributed by atoms with van der Waals surface area (Å²) < 4.78 is 0. The number of rotatable bonds is 2. The van der Waals surface area contributed by atoms with Crippen LogP contribution < -0.4 is 5.32 Å². The minimum absolute atomic E-state index is 0.295. The summed E-state index contributed by atoms with van der Waals surface area (Å²) >= 11 is 0. The molecule has 0 atom stereocenters. The highest BCUT2D eigenvalue weighted by molar-refractivity contribution is 5.36. The topological polar surface area (TPSA) is 12.0 Å². The van der Waals surface area contributed by atoms with E-state index in [0.717, 1.165) is 0 Å². The van der Waals surface area contributed by atoms with E-state index < -0.39 is 0 Å². The molecule has 0 bridgehead atoms. The first-order valence-electron chi connectivity index (χ1n) is 5.43. The fourth-order valence-corrected chi connectivity index (χ4v) is 2.52. The molecule has 0 aliphatic heterocycles. The summed E-state index contributed by atoms with van der Waals surface area (Å²) in [6, 6.07) is 8.81. The number of benzene rings is 1. The molecule has 0 fully saturated rings. The van der Waals surface area contributed by atoms with Crippen LogP contribution >= 0.6 is 0 Å². The molecule has 1 aliphatic rings. The Balaban J connectivity index is 2.32. The smallest absolute Gasteiger partial charge is 0.0282 e. The first kappa shape index (κ1) is 9.72. The number of fused-ring (bicyclic) bond motifs is 1. The highest BCUT2D eigenvalue weighted by Gasteiger charge is 2.37. The number of hydrogen-bond donors (Lipinski definition) is 1. The second-order valence-corrected chi connectivity index (χ2v) is 4.68. The lowest BCUT2D eigenvalue weighted by molar-refractivity contribution is 0.266. The Bertz CT molecular complexity index is 303. The monoisotopic (exact) mass is 189 g/mol. The molecule has 0 radical (unpaired) electrons. The minimum Gasteiger partial charge on any atom is -0.313 e. The molecule has 0 saturated heterocycles. The largest absolute Gasteiger partial charge is 0.313 e.